The Morgan fingerprint density at radius 3 is 2.70 bits per heavy atom. The lowest BCUT2D eigenvalue weighted by molar-refractivity contribution is -0.121. The van der Waals surface area contributed by atoms with E-state index in [2.05, 4.69) is 20.2 Å². The molecule has 126 valence electrons. The van der Waals surface area contributed by atoms with E-state index in [4.69, 9.17) is 9.47 Å². The average Bonchev–Trinajstić information content (AvgIpc) is 2.96. The molecule has 0 spiro atoms. The molecule has 1 aromatic heterocycles. The number of amides is 1. The van der Waals surface area contributed by atoms with Crippen molar-refractivity contribution in [1.29, 1.82) is 0 Å². The van der Waals surface area contributed by atoms with E-state index in [1.165, 1.54) is 0 Å². The van der Waals surface area contributed by atoms with E-state index in [0.29, 0.717) is 23.7 Å². The molecule has 1 saturated heterocycles. The Kier molecular flexibility index (Phi) is 4.66. The standard InChI is InChI=1S/C16H24N4O3/c1-10(21)18-13-6-11-8-20(9-12(11)7-14(13)22-2)16-17-5-4-15(19-16)23-3/h4-5,11-14H,6-9H2,1-3H3,(H,18,21)/t11-,12+,13-,14-/m1/s1. The van der Waals surface area contributed by atoms with Gasteiger partial charge in [0.05, 0.1) is 19.3 Å². The quantitative estimate of drug-likeness (QED) is 0.886. The van der Waals surface area contributed by atoms with Gasteiger partial charge in [-0.2, -0.15) is 4.98 Å². The van der Waals surface area contributed by atoms with Crippen molar-refractivity contribution < 1.29 is 14.3 Å². The number of carbonyl (C=O) groups excluding carboxylic acids is 1. The van der Waals surface area contributed by atoms with E-state index in [9.17, 15) is 4.79 Å². The van der Waals surface area contributed by atoms with Crippen LogP contribution in [0.15, 0.2) is 12.3 Å². The van der Waals surface area contributed by atoms with Crippen LogP contribution in [0.25, 0.3) is 0 Å². The van der Waals surface area contributed by atoms with E-state index in [0.717, 1.165) is 25.9 Å². The number of hydrogen-bond acceptors (Lipinski definition) is 6. The molecule has 1 N–H and O–H groups in total. The Hall–Kier alpha value is -1.89. The summed E-state index contributed by atoms with van der Waals surface area (Å²) in [7, 11) is 3.33. The third-order valence-electron chi connectivity index (χ3n) is 4.92. The highest BCUT2D eigenvalue weighted by molar-refractivity contribution is 5.73. The van der Waals surface area contributed by atoms with Crippen molar-refractivity contribution in [1.82, 2.24) is 15.3 Å². The van der Waals surface area contributed by atoms with Gasteiger partial charge in [0.15, 0.2) is 0 Å². The normalized spacial score (nSPS) is 30.0. The first-order valence-electron chi connectivity index (χ1n) is 8.02. The maximum atomic E-state index is 11.4. The zero-order valence-electron chi connectivity index (χ0n) is 13.9. The third kappa shape index (κ3) is 3.39. The van der Waals surface area contributed by atoms with Gasteiger partial charge in [0, 0.05) is 39.4 Å². The smallest absolute Gasteiger partial charge is 0.228 e. The van der Waals surface area contributed by atoms with Crippen LogP contribution in [0.4, 0.5) is 5.95 Å². The van der Waals surface area contributed by atoms with E-state index in [-0.39, 0.29) is 18.1 Å². The fraction of sp³-hybridized carbons (Fsp3) is 0.688. The van der Waals surface area contributed by atoms with Gasteiger partial charge in [-0.3, -0.25) is 4.79 Å². The fourth-order valence-corrected chi connectivity index (χ4v) is 3.85. The van der Waals surface area contributed by atoms with Crippen molar-refractivity contribution in [3.8, 4) is 5.88 Å². The predicted octanol–water partition coefficient (Wildman–Crippen LogP) is 0.851. The summed E-state index contributed by atoms with van der Waals surface area (Å²) in [6.45, 7) is 3.39. The highest BCUT2D eigenvalue weighted by atomic mass is 16.5. The Labute approximate surface area is 136 Å². The highest BCUT2D eigenvalue weighted by Crippen LogP contribution is 2.38. The summed E-state index contributed by atoms with van der Waals surface area (Å²) in [5, 5.41) is 3.03. The minimum Gasteiger partial charge on any atom is -0.481 e. The summed E-state index contributed by atoms with van der Waals surface area (Å²) in [5.41, 5.74) is 0. The number of ether oxygens (including phenoxy) is 2. The van der Waals surface area contributed by atoms with E-state index >= 15 is 0 Å². The molecule has 23 heavy (non-hydrogen) atoms. The summed E-state index contributed by atoms with van der Waals surface area (Å²) in [6, 6.07) is 1.84. The van der Waals surface area contributed by atoms with Crippen LogP contribution in [0.2, 0.25) is 0 Å². The molecule has 2 heterocycles. The van der Waals surface area contributed by atoms with E-state index < -0.39 is 0 Å². The fourth-order valence-electron chi connectivity index (χ4n) is 3.85. The molecule has 1 amide bonds. The van der Waals surface area contributed by atoms with Crippen LogP contribution in [0.5, 0.6) is 5.88 Å². The second-order valence-electron chi connectivity index (χ2n) is 6.38. The summed E-state index contributed by atoms with van der Waals surface area (Å²) in [5.74, 6) is 2.36. The number of nitrogens with zero attached hydrogens (tertiary/aromatic N) is 3. The molecule has 0 unspecified atom stereocenters. The van der Waals surface area contributed by atoms with Gasteiger partial charge >= 0.3 is 0 Å². The molecule has 0 bridgehead atoms. The first-order valence-corrected chi connectivity index (χ1v) is 8.02. The average molecular weight is 320 g/mol. The molecule has 1 aliphatic heterocycles. The minimum atomic E-state index is 0.00137. The molecule has 0 radical (unpaired) electrons. The molecule has 2 aliphatic rings. The number of nitrogens with one attached hydrogen (secondary N) is 1. The molecular formula is C16H24N4O3. The summed E-state index contributed by atoms with van der Waals surface area (Å²) in [6.07, 6.45) is 3.68. The number of aromatic nitrogens is 2. The number of anilines is 1. The van der Waals surface area contributed by atoms with Crippen LogP contribution in [0.1, 0.15) is 19.8 Å². The summed E-state index contributed by atoms with van der Waals surface area (Å²) >= 11 is 0. The first kappa shape index (κ1) is 16.0. The van der Waals surface area contributed by atoms with Crippen molar-refractivity contribution in [2.75, 3.05) is 32.2 Å². The molecule has 7 heteroatoms. The maximum Gasteiger partial charge on any atom is 0.228 e. The van der Waals surface area contributed by atoms with E-state index in [1.54, 1.807) is 33.4 Å². The molecule has 1 saturated carbocycles. The van der Waals surface area contributed by atoms with Gasteiger partial charge in [-0.1, -0.05) is 0 Å². The Bertz CT molecular complexity index is 568. The van der Waals surface area contributed by atoms with Crippen LogP contribution in [0, 0.1) is 11.8 Å². The number of rotatable bonds is 4. The number of methoxy groups -OCH3 is 2. The highest BCUT2D eigenvalue weighted by Gasteiger charge is 2.43. The van der Waals surface area contributed by atoms with Gasteiger partial charge in [-0.05, 0) is 24.7 Å². The molecule has 7 nitrogen and oxygen atoms in total. The monoisotopic (exact) mass is 320 g/mol. The lowest BCUT2D eigenvalue weighted by Crippen LogP contribution is -2.49. The van der Waals surface area contributed by atoms with Crippen molar-refractivity contribution in [3.63, 3.8) is 0 Å². The van der Waals surface area contributed by atoms with Crippen molar-refractivity contribution in [2.45, 2.75) is 31.9 Å². The van der Waals surface area contributed by atoms with Crippen LogP contribution < -0.4 is 15.0 Å². The maximum absolute atomic E-state index is 11.4. The zero-order chi connectivity index (χ0) is 16.4. The minimum absolute atomic E-state index is 0.00137. The molecular weight excluding hydrogens is 296 g/mol. The van der Waals surface area contributed by atoms with Gasteiger partial charge < -0.3 is 19.7 Å². The molecule has 1 aromatic rings. The van der Waals surface area contributed by atoms with Gasteiger partial charge in [-0.25, -0.2) is 4.98 Å². The summed E-state index contributed by atoms with van der Waals surface area (Å²) < 4.78 is 10.8. The largest absolute Gasteiger partial charge is 0.481 e. The predicted molar refractivity (Wildman–Crippen MR) is 85.4 cm³/mol. The van der Waals surface area contributed by atoms with Gasteiger partial charge in [0.2, 0.25) is 17.7 Å². The number of hydrogen-bond donors (Lipinski definition) is 1. The van der Waals surface area contributed by atoms with Crippen LogP contribution in [-0.2, 0) is 9.53 Å². The van der Waals surface area contributed by atoms with Crippen LogP contribution in [0.3, 0.4) is 0 Å². The van der Waals surface area contributed by atoms with Gasteiger partial charge in [-0.15, -0.1) is 0 Å². The Balaban J connectivity index is 1.71. The van der Waals surface area contributed by atoms with Gasteiger partial charge in [0.25, 0.3) is 0 Å². The zero-order valence-corrected chi connectivity index (χ0v) is 13.9. The molecule has 3 rings (SSSR count). The molecule has 0 aromatic carbocycles. The van der Waals surface area contributed by atoms with Crippen LogP contribution in [-0.4, -0.2) is 55.3 Å². The topological polar surface area (TPSA) is 76.6 Å². The Morgan fingerprint density at radius 2 is 2.04 bits per heavy atom. The first-order chi connectivity index (χ1) is 11.1. The molecule has 4 atom stereocenters. The lowest BCUT2D eigenvalue weighted by Gasteiger charge is -2.37. The lowest BCUT2D eigenvalue weighted by atomic mass is 9.77. The van der Waals surface area contributed by atoms with E-state index in [1.807, 2.05) is 0 Å². The van der Waals surface area contributed by atoms with Crippen LogP contribution >= 0.6 is 0 Å². The summed E-state index contributed by atoms with van der Waals surface area (Å²) in [4.78, 5) is 22.4. The number of carbonyl (C=O) groups is 1. The molecule has 2 fully saturated rings. The SMILES string of the molecule is COc1ccnc(N2C[C@H]3C[C@@H](NC(C)=O)[C@H](OC)C[C@H]3C2)n1. The third-order valence-corrected chi connectivity index (χ3v) is 4.92. The van der Waals surface area contributed by atoms with Crippen molar-refractivity contribution in [2.24, 2.45) is 11.8 Å². The Morgan fingerprint density at radius 1 is 1.30 bits per heavy atom. The number of fused-ring (bicyclic) bond motifs is 1. The van der Waals surface area contributed by atoms with Crippen molar-refractivity contribution in [3.05, 3.63) is 12.3 Å². The molecule has 1 aliphatic carbocycles. The second-order valence-corrected chi connectivity index (χ2v) is 6.38. The van der Waals surface area contributed by atoms with Crippen molar-refractivity contribution >= 4 is 11.9 Å². The second kappa shape index (κ2) is 6.70. The van der Waals surface area contributed by atoms with Gasteiger partial charge in [0.1, 0.15) is 0 Å².